The normalized spacial score (nSPS) is 11.2. The first kappa shape index (κ1) is 19.2. The van der Waals surface area contributed by atoms with Gasteiger partial charge in [0, 0.05) is 20.5 Å². The molecule has 0 aromatic rings. The van der Waals surface area contributed by atoms with E-state index in [2.05, 4.69) is 19.1 Å². The van der Waals surface area contributed by atoms with E-state index in [-0.39, 0.29) is 5.91 Å². The van der Waals surface area contributed by atoms with Crippen LogP contribution in [0.5, 0.6) is 0 Å². The number of carbonyl (C=O) groups is 1. The summed E-state index contributed by atoms with van der Waals surface area (Å²) >= 11 is 0. The van der Waals surface area contributed by atoms with Crippen molar-refractivity contribution in [3.05, 3.63) is 12.2 Å². The molecule has 0 heterocycles. The van der Waals surface area contributed by atoms with E-state index in [0.29, 0.717) is 0 Å². The van der Waals surface area contributed by atoms with Gasteiger partial charge in [-0.2, -0.15) is 0 Å². The van der Waals surface area contributed by atoms with Gasteiger partial charge in [0.05, 0.1) is 0 Å². The summed E-state index contributed by atoms with van der Waals surface area (Å²) in [5.41, 5.74) is 0. The van der Waals surface area contributed by atoms with E-state index in [9.17, 15) is 4.79 Å². The first-order valence-corrected chi connectivity index (χ1v) is 8.55. The highest BCUT2D eigenvalue weighted by molar-refractivity contribution is 5.72. The summed E-state index contributed by atoms with van der Waals surface area (Å²) in [6.07, 6.45) is 19.4. The van der Waals surface area contributed by atoms with Gasteiger partial charge in [-0.3, -0.25) is 4.79 Å². The molecule has 0 fully saturated rings. The molecule has 0 aromatic heterocycles. The van der Waals surface area contributed by atoms with Gasteiger partial charge in [-0.1, -0.05) is 76.9 Å². The van der Waals surface area contributed by atoms with E-state index >= 15 is 0 Å². The van der Waals surface area contributed by atoms with Crippen LogP contribution < -0.4 is 0 Å². The lowest BCUT2D eigenvalue weighted by Gasteiger charge is -2.10. The van der Waals surface area contributed by atoms with Gasteiger partial charge in [-0.15, -0.1) is 0 Å². The van der Waals surface area contributed by atoms with Gasteiger partial charge >= 0.3 is 0 Å². The molecule has 1 amide bonds. The Labute approximate surface area is 126 Å². The molecule has 0 aliphatic heterocycles. The molecule has 0 radical (unpaired) electrons. The summed E-state index contributed by atoms with van der Waals surface area (Å²) in [5, 5.41) is 0. The van der Waals surface area contributed by atoms with Gasteiger partial charge in [0.25, 0.3) is 0 Å². The van der Waals surface area contributed by atoms with Crippen LogP contribution in [-0.2, 0) is 4.79 Å². The number of amides is 1. The van der Waals surface area contributed by atoms with Crippen LogP contribution in [-0.4, -0.2) is 24.4 Å². The standard InChI is InChI=1S/C18H35NO/c1-4-5-6-7-8-9-10-11-12-13-14-15-16-17-19(3)18(2)20/h15-16H,4-14,17H2,1-3H3/b16-15+. The molecule has 2 nitrogen and oxygen atoms in total. The van der Waals surface area contributed by atoms with Crippen molar-refractivity contribution in [2.24, 2.45) is 0 Å². The minimum absolute atomic E-state index is 0.133. The molecule has 20 heavy (non-hydrogen) atoms. The molecule has 0 bridgehead atoms. The molecule has 0 rings (SSSR count). The summed E-state index contributed by atoms with van der Waals surface area (Å²) in [7, 11) is 1.84. The van der Waals surface area contributed by atoms with Gasteiger partial charge in [0.2, 0.25) is 5.91 Å². The second kappa shape index (κ2) is 14.6. The summed E-state index contributed by atoms with van der Waals surface area (Å²) in [6, 6.07) is 0. The van der Waals surface area contributed by atoms with Crippen LogP contribution in [0.15, 0.2) is 12.2 Å². The van der Waals surface area contributed by atoms with Crippen LogP contribution in [0.1, 0.15) is 84.5 Å². The maximum Gasteiger partial charge on any atom is 0.219 e. The minimum atomic E-state index is 0.133. The molecule has 0 spiro atoms. The lowest BCUT2D eigenvalue weighted by Crippen LogP contribution is -2.23. The molecule has 0 unspecified atom stereocenters. The number of rotatable bonds is 13. The van der Waals surface area contributed by atoms with Gasteiger partial charge < -0.3 is 4.90 Å². The molecule has 0 N–H and O–H groups in total. The van der Waals surface area contributed by atoms with Crippen LogP contribution in [0.25, 0.3) is 0 Å². The lowest BCUT2D eigenvalue weighted by molar-refractivity contribution is -0.127. The molecule has 0 atom stereocenters. The first-order valence-electron chi connectivity index (χ1n) is 8.55. The van der Waals surface area contributed by atoms with Crippen molar-refractivity contribution in [2.45, 2.75) is 84.5 Å². The van der Waals surface area contributed by atoms with Crippen molar-refractivity contribution >= 4 is 5.91 Å². The summed E-state index contributed by atoms with van der Waals surface area (Å²) in [5.74, 6) is 0.133. The van der Waals surface area contributed by atoms with Crippen molar-refractivity contribution < 1.29 is 4.79 Å². The van der Waals surface area contributed by atoms with Crippen molar-refractivity contribution in [1.82, 2.24) is 4.90 Å². The Balaban J connectivity index is 3.16. The van der Waals surface area contributed by atoms with Gasteiger partial charge in [0.1, 0.15) is 0 Å². The van der Waals surface area contributed by atoms with E-state index in [0.717, 1.165) is 13.0 Å². The van der Waals surface area contributed by atoms with Crippen LogP contribution in [0.3, 0.4) is 0 Å². The predicted molar refractivity (Wildman–Crippen MR) is 88.9 cm³/mol. The number of hydrogen-bond donors (Lipinski definition) is 0. The summed E-state index contributed by atoms with van der Waals surface area (Å²) in [4.78, 5) is 12.7. The lowest BCUT2D eigenvalue weighted by atomic mass is 10.1. The third-order valence-corrected chi connectivity index (χ3v) is 3.81. The Morgan fingerprint density at radius 2 is 1.35 bits per heavy atom. The fraction of sp³-hybridized carbons (Fsp3) is 0.833. The van der Waals surface area contributed by atoms with E-state index < -0.39 is 0 Å². The highest BCUT2D eigenvalue weighted by Crippen LogP contribution is 2.11. The molecular formula is C18H35NO. The molecule has 0 aromatic carbocycles. The van der Waals surface area contributed by atoms with Crippen molar-refractivity contribution in [3.63, 3.8) is 0 Å². The van der Waals surface area contributed by atoms with Crippen molar-refractivity contribution in [3.8, 4) is 0 Å². The zero-order chi connectivity index (χ0) is 15.1. The fourth-order valence-electron chi connectivity index (χ4n) is 2.23. The molecule has 0 aliphatic rings. The summed E-state index contributed by atoms with van der Waals surface area (Å²) < 4.78 is 0. The number of likely N-dealkylation sites (N-methyl/N-ethyl adjacent to an activating group) is 1. The Morgan fingerprint density at radius 3 is 1.85 bits per heavy atom. The number of hydrogen-bond acceptors (Lipinski definition) is 1. The zero-order valence-corrected chi connectivity index (χ0v) is 14.0. The monoisotopic (exact) mass is 281 g/mol. The number of nitrogens with zero attached hydrogens (tertiary/aromatic N) is 1. The van der Waals surface area contributed by atoms with Gasteiger partial charge in [-0.25, -0.2) is 0 Å². The number of carbonyl (C=O) groups excluding carboxylic acids is 1. The van der Waals surface area contributed by atoms with E-state index in [1.807, 2.05) is 7.05 Å². The Morgan fingerprint density at radius 1 is 0.850 bits per heavy atom. The van der Waals surface area contributed by atoms with Crippen LogP contribution >= 0.6 is 0 Å². The average Bonchev–Trinajstić information content (AvgIpc) is 2.43. The zero-order valence-electron chi connectivity index (χ0n) is 14.0. The van der Waals surface area contributed by atoms with Crippen LogP contribution in [0.4, 0.5) is 0 Å². The van der Waals surface area contributed by atoms with Gasteiger partial charge in [-0.05, 0) is 12.8 Å². The SMILES string of the molecule is CCCCCCCCCCCC/C=C/CN(C)C(C)=O. The first-order chi connectivity index (χ1) is 9.68. The quantitative estimate of drug-likeness (QED) is 0.330. The Hall–Kier alpha value is -0.790. The molecule has 0 saturated heterocycles. The van der Waals surface area contributed by atoms with Crippen LogP contribution in [0.2, 0.25) is 0 Å². The smallest absolute Gasteiger partial charge is 0.219 e. The Kier molecular flexibility index (Phi) is 14.0. The maximum atomic E-state index is 11.0. The van der Waals surface area contributed by atoms with Crippen molar-refractivity contribution in [1.29, 1.82) is 0 Å². The Bertz CT molecular complexity index is 248. The highest BCUT2D eigenvalue weighted by Gasteiger charge is 1.96. The molecule has 2 heteroatoms. The second-order valence-electron chi connectivity index (χ2n) is 5.84. The highest BCUT2D eigenvalue weighted by atomic mass is 16.2. The summed E-state index contributed by atoms with van der Waals surface area (Å²) in [6.45, 7) is 4.62. The van der Waals surface area contributed by atoms with Crippen molar-refractivity contribution in [2.75, 3.05) is 13.6 Å². The predicted octanol–water partition coefficient (Wildman–Crippen LogP) is 5.33. The fourth-order valence-corrected chi connectivity index (χ4v) is 2.23. The van der Waals surface area contributed by atoms with Gasteiger partial charge in [0.15, 0.2) is 0 Å². The third-order valence-electron chi connectivity index (χ3n) is 3.81. The topological polar surface area (TPSA) is 20.3 Å². The third kappa shape index (κ3) is 13.6. The van der Waals surface area contributed by atoms with E-state index in [1.54, 1.807) is 11.8 Å². The number of unbranched alkanes of at least 4 members (excludes halogenated alkanes) is 10. The molecule has 118 valence electrons. The van der Waals surface area contributed by atoms with Crippen LogP contribution in [0, 0.1) is 0 Å². The largest absolute Gasteiger partial charge is 0.342 e. The second-order valence-corrected chi connectivity index (χ2v) is 5.84. The van der Waals surface area contributed by atoms with E-state index in [4.69, 9.17) is 0 Å². The molecule has 0 aliphatic carbocycles. The maximum absolute atomic E-state index is 11.0. The average molecular weight is 281 g/mol. The molecule has 0 saturated carbocycles. The number of allylic oxidation sites excluding steroid dienone is 1. The molecular weight excluding hydrogens is 246 g/mol. The van der Waals surface area contributed by atoms with E-state index in [1.165, 1.54) is 64.2 Å². The minimum Gasteiger partial charge on any atom is -0.342 e.